The largest absolute Gasteiger partial charge is 0.416 e. The molecule has 3 aromatic rings. The van der Waals surface area contributed by atoms with Gasteiger partial charge in [0.25, 0.3) is 5.91 Å². The van der Waals surface area contributed by atoms with E-state index in [0.29, 0.717) is 60.1 Å². The Hall–Kier alpha value is -2.22. The van der Waals surface area contributed by atoms with E-state index in [2.05, 4.69) is 0 Å². The van der Waals surface area contributed by atoms with Crippen molar-refractivity contribution in [1.82, 2.24) is 9.47 Å². The highest BCUT2D eigenvalue weighted by atomic mass is 35.5. The van der Waals surface area contributed by atoms with Crippen LogP contribution in [0.25, 0.3) is 10.9 Å². The topological polar surface area (TPSA) is 34.5 Å². The molecule has 4 nitrogen and oxygen atoms in total. The van der Waals surface area contributed by atoms with Crippen LogP contribution in [0, 0.1) is 12.8 Å². The number of nitrogens with zero attached hydrogens (tertiary/aromatic N) is 2. The number of morpholine rings is 1. The van der Waals surface area contributed by atoms with Crippen LogP contribution in [-0.2, 0) is 23.9 Å². The van der Waals surface area contributed by atoms with Gasteiger partial charge in [-0.2, -0.15) is 13.2 Å². The van der Waals surface area contributed by atoms with Crippen LogP contribution in [0.1, 0.15) is 46.6 Å². The second-order valence-electron chi connectivity index (χ2n) is 9.33. The highest BCUT2D eigenvalue weighted by Crippen LogP contribution is 2.37. The molecular weight excluding hydrogens is 500 g/mol. The summed E-state index contributed by atoms with van der Waals surface area (Å²) in [5.41, 5.74) is 2.12. The number of carbonyl (C=O) groups is 1. The number of hydrogen-bond donors (Lipinski definition) is 0. The van der Waals surface area contributed by atoms with Crippen LogP contribution in [0.5, 0.6) is 0 Å². The summed E-state index contributed by atoms with van der Waals surface area (Å²) in [5, 5.41) is 1.42. The third kappa shape index (κ3) is 5.32. The van der Waals surface area contributed by atoms with Crippen LogP contribution < -0.4 is 0 Å². The molecule has 1 saturated heterocycles. The third-order valence-electron chi connectivity index (χ3n) is 6.26. The Balaban J connectivity index is 1.80. The van der Waals surface area contributed by atoms with Gasteiger partial charge in [-0.15, -0.1) is 0 Å². The van der Waals surface area contributed by atoms with E-state index in [4.69, 9.17) is 27.9 Å². The predicted molar refractivity (Wildman–Crippen MR) is 133 cm³/mol. The summed E-state index contributed by atoms with van der Waals surface area (Å²) in [7, 11) is 0. The zero-order valence-corrected chi connectivity index (χ0v) is 21.3. The fourth-order valence-electron chi connectivity index (χ4n) is 4.52. The maximum absolute atomic E-state index is 13.5. The van der Waals surface area contributed by atoms with Crippen LogP contribution in [-0.4, -0.2) is 41.7 Å². The van der Waals surface area contributed by atoms with Crippen molar-refractivity contribution in [2.45, 2.75) is 39.9 Å². The highest BCUT2D eigenvalue weighted by molar-refractivity contribution is 6.38. The van der Waals surface area contributed by atoms with E-state index in [1.807, 2.05) is 24.5 Å². The molecule has 0 unspecified atom stereocenters. The molecule has 1 fully saturated rings. The van der Waals surface area contributed by atoms with Gasteiger partial charge in [0.2, 0.25) is 0 Å². The predicted octanol–water partition coefficient (Wildman–Crippen LogP) is 6.99. The number of ether oxygens (including phenoxy) is 1. The van der Waals surface area contributed by atoms with Crippen molar-refractivity contribution in [3.8, 4) is 0 Å². The maximum atomic E-state index is 13.5. The lowest BCUT2D eigenvalue weighted by Crippen LogP contribution is -2.40. The van der Waals surface area contributed by atoms with E-state index in [1.54, 1.807) is 24.0 Å². The van der Waals surface area contributed by atoms with Crippen LogP contribution in [0.4, 0.5) is 13.2 Å². The highest BCUT2D eigenvalue weighted by Gasteiger charge is 2.32. The summed E-state index contributed by atoms with van der Waals surface area (Å²) >= 11 is 13.3. The Morgan fingerprint density at radius 1 is 1.11 bits per heavy atom. The Morgan fingerprint density at radius 3 is 2.43 bits per heavy atom. The summed E-state index contributed by atoms with van der Waals surface area (Å²) in [6, 6.07) is 7.55. The zero-order valence-electron chi connectivity index (χ0n) is 19.8. The molecule has 1 aliphatic rings. The molecule has 0 N–H and O–H groups in total. The summed E-state index contributed by atoms with van der Waals surface area (Å²) in [6.45, 7) is 8.14. The Morgan fingerprint density at radius 2 is 1.80 bits per heavy atom. The molecule has 0 bridgehead atoms. The molecule has 2 aromatic carbocycles. The van der Waals surface area contributed by atoms with E-state index >= 15 is 0 Å². The molecule has 0 spiro atoms. The lowest BCUT2D eigenvalue weighted by Gasteiger charge is -2.27. The van der Waals surface area contributed by atoms with E-state index in [9.17, 15) is 18.0 Å². The molecule has 1 amide bonds. The van der Waals surface area contributed by atoms with Crippen LogP contribution in [0.15, 0.2) is 30.3 Å². The summed E-state index contributed by atoms with van der Waals surface area (Å²) in [4.78, 5) is 14.8. The van der Waals surface area contributed by atoms with Crippen molar-refractivity contribution in [2.24, 2.45) is 5.92 Å². The minimum atomic E-state index is -4.44. The minimum absolute atomic E-state index is 0.190. The number of halogens is 5. The molecule has 0 radical (unpaired) electrons. The molecule has 1 aromatic heterocycles. The monoisotopic (exact) mass is 526 g/mol. The van der Waals surface area contributed by atoms with Crippen molar-refractivity contribution < 1.29 is 22.7 Å². The number of hydrogen-bond acceptors (Lipinski definition) is 2. The van der Waals surface area contributed by atoms with Crippen molar-refractivity contribution in [2.75, 3.05) is 26.3 Å². The van der Waals surface area contributed by atoms with Gasteiger partial charge < -0.3 is 14.2 Å². The molecule has 4 rings (SSSR count). The van der Waals surface area contributed by atoms with Gasteiger partial charge in [-0.1, -0.05) is 37.0 Å². The molecule has 0 atom stereocenters. The molecule has 1 aliphatic heterocycles. The number of carbonyl (C=O) groups excluding carboxylic acids is 1. The Kier molecular flexibility index (Phi) is 7.41. The van der Waals surface area contributed by atoms with E-state index in [-0.39, 0.29) is 23.3 Å². The van der Waals surface area contributed by atoms with Crippen molar-refractivity contribution in [3.05, 3.63) is 68.3 Å². The summed E-state index contributed by atoms with van der Waals surface area (Å²) in [6.07, 6.45) is -4.16. The average molecular weight is 527 g/mol. The quantitative estimate of drug-likeness (QED) is 0.358. The van der Waals surface area contributed by atoms with E-state index in [0.717, 1.165) is 11.1 Å². The smallest absolute Gasteiger partial charge is 0.378 e. The van der Waals surface area contributed by atoms with Crippen molar-refractivity contribution in [3.63, 3.8) is 0 Å². The fourth-order valence-corrected chi connectivity index (χ4v) is 5.11. The maximum Gasteiger partial charge on any atom is 0.416 e. The van der Waals surface area contributed by atoms with Gasteiger partial charge in [-0.3, -0.25) is 4.79 Å². The molecule has 0 aliphatic carbocycles. The normalized spacial score (nSPS) is 14.8. The molecule has 188 valence electrons. The second kappa shape index (κ2) is 10.0. The molecular formula is C26H27Cl2F3N2O2. The van der Waals surface area contributed by atoms with E-state index < -0.39 is 11.7 Å². The van der Waals surface area contributed by atoms with Gasteiger partial charge in [-0.25, -0.2) is 0 Å². The molecule has 35 heavy (non-hydrogen) atoms. The minimum Gasteiger partial charge on any atom is -0.378 e. The standard InChI is InChI=1S/C26H27Cl2F3N2O2/c1-15(2)14-33-18(12-20-16(3)10-17(11-23(20)33)26(29,30)31)13-21-22(27)5-4-19(24(21)28)25(34)32-6-8-35-9-7-32/h4-5,10-12,15H,6-9,13-14H2,1-3H3. The van der Waals surface area contributed by atoms with Crippen LogP contribution in [0.2, 0.25) is 10.0 Å². The van der Waals surface area contributed by atoms with Crippen molar-refractivity contribution >= 4 is 40.0 Å². The number of aryl methyl sites for hydroxylation is 1. The lowest BCUT2D eigenvalue weighted by molar-refractivity contribution is -0.137. The number of aromatic nitrogens is 1. The average Bonchev–Trinajstić information content (AvgIpc) is 3.13. The fraction of sp³-hybridized carbons (Fsp3) is 0.423. The van der Waals surface area contributed by atoms with Crippen LogP contribution in [0.3, 0.4) is 0 Å². The summed E-state index contributed by atoms with van der Waals surface area (Å²) < 4.78 is 47.8. The Bertz CT molecular complexity index is 1260. The first kappa shape index (κ1) is 25.9. The number of amides is 1. The van der Waals surface area contributed by atoms with Gasteiger partial charge in [0.1, 0.15) is 0 Å². The molecule has 0 saturated carbocycles. The van der Waals surface area contributed by atoms with E-state index in [1.165, 1.54) is 12.1 Å². The first-order valence-electron chi connectivity index (χ1n) is 11.5. The van der Waals surface area contributed by atoms with Crippen molar-refractivity contribution in [1.29, 1.82) is 0 Å². The second-order valence-corrected chi connectivity index (χ2v) is 10.1. The van der Waals surface area contributed by atoms with Gasteiger partial charge in [0.05, 0.1) is 29.4 Å². The zero-order chi connectivity index (χ0) is 25.5. The summed E-state index contributed by atoms with van der Waals surface area (Å²) in [5.74, 6) is 0.00368. The third-order valence-corrected chi connectivity index (χ3v) is 7.05. The van der Waals surface area contributed by atoms with Gasteiger partial charge in [0.15, 0.2) is 0 Å². The number of fused-ring (bicyclic) bond motifs is 1. The van der Waals surface area contributed by atoms with Gasteiger partial charge in [-0.05, 0) is 54.3 Å². The lowest BCUT2D eigenvalue weighted by atomic mass is 10.0. The molecule has 2 heterocycles. The number of alkyl halides is 3. The van der Waals surface area contributed by atoms with Gasteiger partial charge in [0, 0.05) is 47.7 Å². The first-order chi connectivity index (χ1) is 16.5. The molecule has 9 heteroatoms. The SMILES string of the molecule is Cc1cc(C(F)(F)F)cc2c1cc(Cc1c(Cl)ccc(C(=O)N3CCOCC3)c1Cl)n2CC(C)C. The number of rotatable bonds is 5. The van der Waals surface area contributed by atoms with Gasteiger partial charge >= 0.3 is 6.18 Å². The van der Waals surface area contributed by atoms with Crippen LogP contribution >= 0.6 is 23.2 Å². The Labute approximate surface area is 212 Å². The number of benzene rings is 2. The first-order valence-corrected chi connectivity index (χ1v) is 12.3.